The monoisotopic (exact) mass is 419 g/mol. The first-order valence-electron chi connectivity index (χ1n) is 9.76. The highest BCUT2D eigenvalue weighted by molar-refractivity contribution is 7.91. The molecule has 1 aromatic carbocycles. The Balaban J connectivity index is 1.66. The Morgan fingerprint density at radius 3 is 2.69 bits per heavy atom. The second-order valence-corrected chi connectivity index (χ2v) is 9.73. The van der Waals surface area contributed by atoms with Crippen molar-refractivity contribution in [2.24, 2.45) is 0 Å². The van der Waals surface area contributed by atoms with E-state index in [1.807, 2.05) is 0 Å². The van der Waals surface area contributed by atoms with Gasteiger partial charge in [0.05, 0.1) is 37.5 Å². The SMILES string of the molecule is COc1ccc(NC(=O)c2nn(C3CCS(=O)(=O)C3)c3c2CCCC3)c(OC)c1. The maximum Gasteiger partial charge on any atom is 0.276 e. The number of nitrogens with zero attached hydrogens (tertiary/aromatic N) is 2. The van der Waals surface area contributed by atoms with Crippen LogP contribution in [0.1, 0.15) is 47.1 Å². The van der Waals surface area contributed by atoms with Gasteiger partial charge in [0.1, 0.15) is 11.5 Å². The van der Waals surface area contributed by atoms with Crippen LogP contribution in [0, 0.1) is 0 Å². The lowest BCUT2D eigenvalue weighted by Gasteiger charge is -2.17. The summed E-state index contributed by atoms with van der Waals surface area (Å²) in [5.74, 6) is 1.08. The Kier molecular flexibility index (Phi) is 5.24. The van der Waals surface area contributed by atoms with Gasteiger partial charge in [-0.1, -0.05) is 0 Å². The molecule has 1 unspecified atom stereocenters. The molecule has 156 valence electrons. The number of aromatic nitrogens is 2. The van der Waals surface area contributed by atoms with Crippen LogP contribution in [0.3, 0.4) is 0 Å². The average molecular weight is 420 g/mol. The van der Waals surface area contributed by atoms with Crippen molar-refractivity contribution in [2.75, 3.05) is 31.0 Å². The van der Waals surface area contributed by atoms with Crippen LogP contribution in [-0.2, 0) is 22.7 Å². The van der Waals surface area contributed by atoms with Crippen LogP contribution in [0.15, 0.2) is 18.2 Å². The fourth-order valence-corrected chi connectivity index (χ4v) is 5.85. The maximum atomic E-state index is 13.1. The van der Waals surface area contributed by atoms with Gasteiger partial charge < -0.3 is 14.8 Å². The van der Waals surface area contributed by atoms with Gasteiger partial charge in [-0.05, 0) is 44.2 Å². The molecular weight excluding hydrogens is 394 g/mol. The average Bonchev–Trinajstić information content (AvgIpc) is 3.28. The molecule has 1 fully saturated rings. The van der Waals surface area contributed by atoms with Crippen LogP contribution in [-0.4, -0.2) is 49.8 Å². The third-order valence-electron chi connectivity index (χ3n) is 5.64. The summed E-state index contributed by atoms with van der Waals surface area (Å²) in [4.78, 5) is 13.1. The van der Waals surface area contributed by atoms with Crippen molar-refractivity contribution < 1.29 is 22.7 Å². The Morgan fingerprint density at radius 2 is 2.00 bits per heavy atom. The molecule has 9 heteroatoms. The number of rotatable bonds is 5. The van der Waals surface area contributed by atoms with E-state index in [0.29, 0.717) is 29.3 Å². The molecule has 1 amide bonds. The predicted molar refractivity (Wildman–Crippen MR) is 109 cm³/mol. The van der Waals surface area contributed by atoms with Gasteiger partial charge in [-0.2, -0.15) is 5.10 Å². The van der Waals surface area contributed by atoms with Crippen LogP contribution in [0.5, 0.6) is 11.5 Å². The smallest absolute Gasteiger partial charge is 0.276 e. The van der Waals surface area contributed by atoms with Crippen molar-refractivity contribution in [2.45, 2.75) is 38.1 Å². The first-order chi connectivity index (χ1) is 13.9. The van der Waals surface area contributed by atoms with E-state index in [1.54, 1.807) is 30.0 Å². The van der Waals surface area contributed by atoms with E-state index in [1.165, 1.54) is 7.11 Å². The minimum atomic E-state index is -3.04. The number of nitrogens with one attached hydrogen (secondary N) is 1. The maximum absolute atomic E-state index is 13.1. The molecule has 1 aliphatic heterocycles. The minimum Gasteiger partial charge on any atom is -0.497 e. The first kappa shape index (κ1) is 19.8. The van der Waals surface area contributed by atoms with Crippen LogP contribution in [0.2, 0.25) is 0 Å². The number of methoxy groups -OCH3 is 2. The van der Waals surface area contributed by atoms with Gasteiger partial charge in [-0.15, -0.1) is 0 Å². The lowest BCUT2D eigenvalue weighted by molar-refractivity contribution is 0.102. The number of benzene rings is 1. The summed E-state index contributed by atoms with van der Waals surface area (Å²) < 4.78 is 36.2. The lowest BCUT2D eigenvalue weighted by Crippen LogP contribution is -2.17. The molecule has 1 aliphatic carbocycles. The van der Waals surface area contributed by atoms with Crippen LogP contribution < -0.4 is 14.8 Å². The van der Waals surface area contributed by atoms with Crippen molar-refractivity contribution >= 4 is 21.4 Å². The predicted octanol–water partition coefficient (Wildman–Crippen LogP) is 2.39. The summed E-state index contributed by atoms with van der Waals surface area (Å²) in [6.07, 6.45) is 4.15. The number of carbonyl (C=O) groups is 1. The van der Waals surface area contributed by atoms with E-state index in [0.717, 1.165) is 36.9 Å². The van der Waals surface area contributed by atoms with E-state index in [-0.39, 0.29) is 23.5 Å². The van der Waals surface area contributed by atoms with Crippen LogP contribution >= 0.6 is 0 Å². The van der Waals surface area contributed by atoms with Gasteiger partial charge in [-0.25, -0.2) is 8.42 Å². The molecule has 0 radical (unpaired) electrons. The highest BCUT2D eigenvalue weighted by Gasteiger charge is 2.34. The number of amides is 1. The van der Waals surface area contributed by atoms with Gasteiger partial charge in [0.25, 0.3) is 5.91 Å². The molecule has 0 spiro atoms. The minimum absolute atomic E-state index is 0.0917. The summed E-state index contributed by atoms with van der Waals surface area (Å²) in [5.41, 5.74) is 2.85. The third kappa shape index (κ3) is 3.83. The molecule has 4 rings (SSSR count). The number of carbonyl (C=O) groups excluding carboxylic acids is 1. The van der Waals surface area contributed by atoms with Crippen molar-refractivity contribution in [1.29, 1.82) is 0 Å². The van der Waals surface area contributed by atoms with Gasteiger partial charge in [0.2, 0.25) is 0 Å². The van der Waals surface area contributed by atoms with E-state index < -0.39 is 9.84 Å². The zero-order chi connectivity index (χ0) is 20.6. The van der Waals surface area contributed by atoms with E-state index in [4.69, 9.17) is 9.47 Å². The van der Waals surface area contributed by atoms with Crippen molar-refractivity contribution in [3.05, 3.63) is 35.2 Å². The Labute approximate surface area is 170 Å². The highest BCUT2D eigenvalue weighted by atomic mass is 32.2. The molecule has 2 aromatic rings. The van der Waals surface area contributed by atoms with Gasteiger partial charge in [0.15, 0.2) is 15.5 Å². The summed E-state index contributed by atoms with van der Waals surface area (Å²) in [6, 6.07) is 4.98. The van der Waals surface area contributed by atoms with E-state index in [2.05, 4.69) is 10.4 Å². The molecular formula is C20H25N3O5S. The number of ether oxygens (including phenoxy) is 2. The Hall–Kier alpha value is -2.55. The van der Waals surface area contributed by atoms with Gasteiger partial charge in [-0.3, -0.25) is 9.48 Å². The molecule has 1 N–H and O–H groups in total. The summed E-state index contributed by atoms with van der Waals surface area (Å²) in [7, 11) is 0.0589. The number of hydrogen-bond acceptors (Lipinski definition) is 6. The van der Waals surface area contributed by atoms with Gasteiger partial charge in [0, 0.05) is 17.3 Å². The molecule has 1 aromatic heterocycles. The van der Waals surface area contributed by atoms with Crippen LogP contribution in [0.25, 0.3) is 0 Å². The summed E-state index contributed by atoms with van der Waals surface area (Å²) >= 11 is 0. The topological polar surface area (TPSA) is 99.5 Å². The number of sulfone groups is 1. The highest BCUT2D eigenvalue weighted by Crippen LogP contribution is 2.33. The lowest BCUT2D eigenvalue weighted by atomic mass is 9.95. The third-order valence-corrected chi connectivity index (χ3v) is 7.39. The molecule has 1 atom stereocenters. The fourth-order valence-electron chi connectivity index (χ4n) is 4.16. The Bertz CT molecular complexity index is 1040. The normalized spacial score (nSPS) is 20.1. The van der Waals surface area contributed by atoms with E-state index >= 15 is 0 Å². The molecule has 29 heavy (non-hydrogen) atoms. The second kappa shape index (κ2) is 7.70. The zero-order valence-electron chi connectivity index (χ0n) is 16.6. The largest absolute Gasteiger partial charge is 0.497 e. The molecule has 2 aliphatic rings. The van der Waals surface area contributed by atoms with Crippen molar-refractivity contribution in [3.8, 4) is 11.5 Å². The molecule has 0 saturated carbocycles. The number of hydrogen-bond donors (Lipinski definition) is 1. The fraction of sp³-hybridized carbons (Fsp3) is 0.500. The van der Waals surface area contributed by atoms with Gasteiger partial charge >= 0.3 is 0 Å². The zero-order valence-corrected chi connectivity index (χ0v) is 17.4. The number of fused-ring (bicyclic) bond motifs is 1. The first-order valence-corrected chi connectivity index (χ1v) is 11.6. The molecule has 8 nitrogen and oxygen atoms in total. The molecule has 1 saturated heterocycles. The molecule has 2 heterocycles. The second-order valence-electron chi connectivity index (χ2n) is 7.50. The quantitative estimate of drug-likeness (QED) is 0.799. The number of anilines is 1. The van der Waals surface area contributed by atoms with Crippen molar-refractivity contribution in [3.63, 3.8) is 0 Å². The Morgan fingerprint density at radius 1 is 1.21 bits per heavy atom. The standard InChI is InChI=1S/C20H25N3O5S/c1-27-14-7-8-16(18(11-14)28-2)21-20(24)19-15-5-3-4-6-17(15)23(22-19)13-9-10-29(25,26)12-13/h7-8,11,13H,3-6,9-10,12H2,1-2H3,(H,21,24). The summed E-state index contributed by atoms with van der Waals surface area (Å²) in [5, 5.41) is 7.49. The van der Waals surface area contributed by atoms with Crippen LogP contribution in [0.4, 0.5) is 5.69 Å². The van der Waals surface area contributed by atoms with Crippen molar-refractivity contribution in [1.82, 2.24) is 9.78 Å². The molecule has 0 bridgehead atoms. The van der Waals surface area contributed by atoms with E-state index in [9.17, 15) is 13.2 Å². The summed E-state index contributed by atoms with van der Waals surface area (Å²) in [6.45, 7) is 0.